The lowest BCUT2D eigenvalue weighted by atomic mass is 9.62. The molecule has 7 atom stereocenters. The number of allylic oxidation sites excluding steroid dienone is 1. The SMILES string of the molecule is C=S1(=O)NC(=O)c2ccc3c(c2)N(C[C@@H]2CC[C@H]2[C@](OC)(c2cncc(CN4CCOCC4)c2)/C=C/C[C@H](C)[C@H]1C)C[C@@]1(CCCc2cc(Cl)ccc21)CO3. The zero-order chi connectivity index (χ0) is 38.4. The van der Waals surface area contributed by atoms with E-state index in [1.165, 1.54) is 11.1 Å². The first-order chi connectivity index (χ1) is 26.5. The number of aromatic nitrogens is 1. The molecule has 0 radical (unpaired) electrons. The van der Waals surface area contributed by atoms with Gasteiger partial charge in [0.1, 0.15) is 11.4 Å². The third kappa shape index (κ3) is 7.45. The zero-order valence-corrected chi connectivity index (χ0v) is 34.0. The van der Waals surface area contributed by atoms with Crippen LogP contribution in [0.4, 0.5) is 5.69 Å². The van der Waals surface area contributed by atoms with Crippen LogP contribution in [0.15, 0.2) is 67.0 Å². The predicted octanol–water partition coefficient (Wildman–Crippen LogP) is 6.95. The fourth-order valence-corrected chi connectivity index (χ4v) is 11.5. The molecule has 1 amide bonds. The number of benzene rings is 2. The van der Waals surface area contributed by atoms with E-state index in [9.17, 15) is 9.00 Å². The highest BCUT2D eigenvalue weighted by Crippen LogP contribution is 2.52. The van der Waals surface area contributed by atoms with Crippen molar-refractivity contribution >= 4 is 38.8 Å². The Bertz CT molecular complexity index is 2050. The molecule has 2 bridgehead atoms. The largest absolute Gasteiger partial charge is 0.490 e. The molecule has 3 aromatic rings. The van der Waals surface area contributed by atoms with E-state index < -0.39 is 15.3 Å². The van der Waals surface area contributed by atoms with Crippen molar-refractivity contribution in [1.29, 1.82) is 0 Å². The van der Waals surface area contributed by atoms with Gasteiger partial charge in [-0.25, -0.2) is 4.21 Å². The normalized spacial score (nSPS) is 33.3. The molecule has 2 aromatic carbocycles. The summed E-state index contributed by atoms with van der Waals surface area (Å²) in [6.07, 6.45) is 14.1. The van der Waals surface area contributed by atoms with Gasteiger partial charge in [0.2, 0.25) is 0 Å². The monoisotopic (exact) mass is 786 g/mol. The maximum Gasteiger partial charge on any atom is 0.262 e. The quantitative estimate of drug-likeness (QED) is 0.225. The fraction of sp³-hybridized carbons (Fsp3) is 0.523. The molecule has 5 aliphatic rings. The van der Waals surface area contributed by atoms with Crippen molar-refractivity contribution in [2.24, 2.45) is 17.8 Å². The van der Waals surface area contributed by atoms with Gasteiger partial charge in [-0.1, -0.05) is 36.7 Å². The molecular formula is C44H55ClN4O5S. The van der Waals surface area contributed by atoms with Crippen LogP contribution in [0.3, 0.4) is 0 Å². The second-order valence-electron chi connectivity index (χ2n) is 16.7. The zero-order valence-electron chi connectivity index (χ0n) is 32.4. The van der Waals surface area contributed by atoms with Crippen molar-refractivity contribution in [1.82, 2.24) is 14.6 Å². The van der Waals surface area contributed by atoms with Gasteiger partial charge < -0.3 is 19.1 Å². The minimum Gasteiger partial charge on any atom is -0.490 e. The minimum absolute atomic E-state index is 0.0210. The Morgan fingerprint density at radius 3 is 2.73 bits per heavy atom. The maximum atomic E-state index is 14.1. The number of aryl methyl sites for hydroxylation is 1. The number of carbonyl (C=O) groups excluding carboxylic acids is 1. The molecule has 1 unspecified atom stereocenters. The first-order valence-corrected chi connectivity index (χ1v) is 22.1. The summed E-state index contributed by atoms with van der Waals surface area (Å²) in [4.78, 5) is 23.5. The molecule has 1 spiro atoms. The van der Waals surface area contributed by atoms with Gasteiger partial charge in [0.15, 0.2) is 0 Å². The number of nitrogens with one attached hydrogen (secondary N) is 1. The van der Waals surface area contributed by atoms with Crippen LogP contribution in [0.2, 0.25) is 5.02 Å². The third-order valence-electron chi connectivity index (χ3n) is 13.4. The molecule has 8 rings (SSSR count). The molecule has 2 aliphatic carbocycles. The van der Waals surface area contributed by atoms with E-state index in [1.54, 1.807) is 6.07 Å². The summed E-state index contributed by atoms with van der Waals surface area (Å²) >= 11 is 6.53. The predicted molar refractivity (Wildman–Crippen MR) is 221 cm³/mol. The molecule has 3 aliphatic heterocycles. The molecule has 1 aromatic heterocycles. The Balaban J connectivity index is 1.22. The van der Waals surface area contributed by atoms with Gasteiger partial charge in [0.05, 0.1) is 35.2 Å². The number of pyridine rings is 1. The van der Waals surface area contributed by atoms with E-state index in [1.807, 2.05) is 44.6 Å². The molecule has 9 nitrogen and oxygen atoms in total. The van der Waals surface area contributed by atoms with Crippen LogP contribution in [-0.4, -0.2) is 84.2 Å². The fourth-order valence-electron chi connectivity index (χ4n) is 9.80. The van der Waals surface area contributed by atoms with E-state index >= 15 is 0 Å². The lowest BCUT2D eigenvalue weighted by Gasteiger charge is -2.50. The number of hydrogen-bond acceptors (Lipinski definition) is 8. The molecule has 55 heavy (non-hydrogen) atoms. The lowest BCUT2D eigenvalue weighted by Crippen LogP contribution is -2.52. The van der Waals surface area contributed by atoms with E-state index in [0.717, 1.165) is 106 Å². The Morgan fingerprint density at radius 1 is 1.11 bits per heavy atom. The minimum atomic E-state index is -3.00. The number of morpholine rings is 1. The van der Waals surface area contributed by atoms with Crippen molar-refractivity contribution < 1.29 is 23.2 Å². The molecule has 1 N–H and O–H groups in total. The van der Waals surface area contributed by atoms with Crippen LogP contribution >= 0.6 is 11.6 Å². The molecule has 1 saturated carbocycles. The molecule has 1 saturated heterocycles. The number of fused-ring (bicyclic) bond motifs is 4. The maximum absolute atomic E-state index is 14.1. The van der Waals surface area contributed by atoms with Crippen LogP contribution in [0.1, 0.15) is 78.6 Å². The first kappa shape index (κ1) is 38.5. The van der Waals surface area contributed by atoms with Crippen LogP contribution in [0, 0.1) is 17.8 Å². The van der Waals surface area contributed by atoms with Crippen molar-refractivity contribution in [3.8, 4) is 5.75 Å². The smallest absolute Gasteiger partial charge is 0.262 e. The van der Waals surface area contributed by atoms with E-state index in [2.05, 4.69) is 57.7 Å². The van der Waals surface area contributed by atoms with Crippen molar-refractivity contribution in [3.63, 3.8) is 0 Å². The Hall–Kier alpha value is -3.41. The van der Waals surface area contributed by atoms with Gasteiger partial charge in [0, 0.05) is 85.0 Å². The summed E-state index contributed by atoms with van der Waals surface area (Å²) in [6.45, 7) is 10.1. The average Bonchev–Trinajstić information content (AvgIpc) is 3.32. The van der Waals surface area contributed by atoms with Crippen LogP contribution in [0.25, 0.3) is 0 Å². The number of rotatable bonds is 4. The van der Waals surface area contributed by atoms with Crippen molar-refractivity contribution in [2.45, 2.75) is 75.2 Å². The summed E-state index contributed by atoms with van der Waals surface area (Å²) in [5.41, 5.74) is 5.13. The summed E-state index contributed by atoms with van der Waals surface area (Å²) in [5.74, 6) is 4.87. The van der Waals surface area contributed by atoms with Crippen LogP contribution in [0.5, 0.6) is 5.75 Å². The number of ether oxygens (including phenoxy) is 3. The van der Waals surface area contributed by atoms with Crippen molar-refractivity contribution in [2.75, 3.05) is 58.0 Å². The van der Waals surface area contributed by atoms with Gasteiger partial charge in [-0.15, -0.1) is 0 Å². The number of hydrogen-bond donors (Lipinski definition) is 1. The second-order valence-corrected chi connectivity index (χ2v) is 19.5. The lowest BCUT2D eigenvalue weighted by molar-refractivity contribution is -0.0807. The standard InChI is InChI=1S/C44H55ClN4O5S/c1-30-7-5-16-44(52-3,36-21-32(24-46-25-36)26-48-17-19-53-20-18-48)39-12-9-35(39)27-49-28-43(15-6-8-33-22-37(45)11-13-38(33)43)29-54-41-14-10-34(23-40(41)49)42(50)47-55(4,51)31(30)2/h5,10-11,13-14,16,21-25,30-31,35,39H,4,6-9,12,15,17-20,26-29H2,1-3H3,(H,47,50,51)/b16-5+/t30-,31+,35-,39+,43-,44+,55?/m0/s1. The first-order valence-electron chi connectivity index (χ1n) is 20.0. The Labute approximate surface area is 331 Å². The highest BCUT2D eigenvalue weighted by molar-refractivity contribution is 7.99. The van der Waals surface area contributed by atoms with E-state index in [0.29, 0.717) is 18.6 Å². The van der Waals surface area contributed by atoms with Gasteiger partial charge in [-0.05, 0) is 116 Å². The van der Waals surface area contributed by atoms with Gasteiger partial charge in [-0.2, -0.15) is 0 Å². The summed E-state index contributed by atoms with van der Waals surface area (Å²) in [7, 11) is -1.16. The molecule has 294 valence electrons. The molecular weight excluding hydrogens is 732 g/mol. The van der Waals surface area contributed by atoms with Crippen LogP contribution < -0.4 is 14.4 Å². The van der Waals surface area contributed by atoms with Gasteiger partial charge in [-0.3, -0.25) is 19.4 Å². The molecule has 4 heterocycles. The topological polar surface area (TPSA) is 93.2 Å². The number of anilines is 1. The number of methoxy groups -OCH3 is 1. The summed E-state index contributed by atoms with van der Waals surface area (Å²) in [5, 5.41) is 0.381. The highest BCUT2D eigenvalue weighted by atomic mass is 35.5. The van der Waals surface area contributed by atoms with Gasteiger partial charge in [0.25, 0.3) is 5.91 Å². The Kier molecular flexibility index (Phi) is 10.8. The number of nitrogens with zero attached hydrogens (tertiary/aromatic N) is 3. The highest BCUT2D eigenvalue weighted by Gasteiger charge is 2.50. The average molecular weight is 787 g/mol. The third-order valence-corrected chi connectivity index (χ3v) is 15.8. The Morgan fingerprint density at radius 2 is 1.95 bits per heavy atom. The van der Waals surface area contributed by atoms with Crippen LogP contribution in [-0.2, 0) is 43.2 Å². The second kappa shape index (κ2) is 15.5. The molecule has 2 fully saturated rings. The molecule has 11 heteroatoms. The summed E-state index contributed by atoms with van der Waals surface area (Å²) in [6, 6.07) is 14.2. The van der Waals surface area contributed by atoms with E-state index in [4.69, 9.17) is 30.8 Å². The van der Waals surface area contributed by atoms with E-state index in [-0.39, 0.29) is 34.3 Å². The number of halogens is 1. The number of amides is 1. The number of carbonyl (C=O) groups is 1. The van der Waals surface area contributed by atoms with Crippen molar-refractivity contribution in [3.05, 3.63) is 99.9 Å². The summed E-state index contributed by atoms with van der Waals surface area (Å²) < 4.78 is 36.1. The van der Waals surface area contributed by atoms with Gasteiger partial charge >= 0.3 is 0 Å².